The highest BCUT2D eigenvalue weighted by Gasteiger charge is 2.30. The summed E-state index contributed by atoms with van der Waals surface area (Å²) in [4.78, 5) is 11.8. The summed E-state index contributed by atoms with van der Waals surface area (Å²) in [6, 6.07) is 6.92. The van der Waals surface area contributed by atoms with Crippen molar-refractivity contribution in [3.63, 3.8) is 0 Å². The first-order chi connectivity index (χ1) is 11.7. The van der Waals surface area contributed by atoms with Crippen molar-refractivity contribution >= 4 is 28.1 Å². The first kappa shape index (κ1) is 18.8. The Bertz CT molecular complexity index is 823. The maximum atomic E-state index is 12.6. The maximum absolute atomic E-state index is 12.6. The van der Waals surface area contributed by atoms with Crippen LogP contribution < -0.4 is 5.43 Å². The number of nitrogens with one attached hydrogen (secondary N) is 1. The Morgan fingerprint density at radius 3 is 2.60 bits per heavy atom. The average molecular weight is 417 g/mol. The molecule has 0 atom stereocenters. The van der Waals surface area contributed by atoms with Crippen LogP contribution in [0.15, 0.2) is 46.0 Å². The lowest BCUT2D eigenvalue weighted by atomic mass is 10.1. The van der Waals surface area contributed by atoms with Crippen LogP contribution in [0.5, 0.6) is 11.5 Å². The fraction of sp³-hybridized carbons (Fsp3) is 0.125. The van der Waals surface area contributed by atoms with Gasteiger partial charge in [0.05, 0.1) is 22.7 Å². The predicted octanol–water partition coefficient (Wildman–Crippen LogP) is 3.57. The van der Waals surface area contributed by atoms with E-state index in [9.17, 15) is 28.2 Å². The molecule has 0 bridgehead atoms. The van der Waals surface area contributed by atoms with Gasteiger partial charge < -0.3 is 10.2 Å². The van der Waals surface area contributed by atoms with Gasteiger partial charge in [0.15, 0.2) is 0 Å². The predicted molar refractivity (Wildman–Crippen MR) is 88.4 cm³/mol. The van der Waals surface area contributed by atoms with Crippen molar-refractivity contribution in [2.75, 3.05) is 0 Å². The second-order valence-electron chi connectivity index (χ2n) is 5.03. The highest BCUT2D eigenvalue weighted by molar-refractivity contribution is 9.10. The Balaban J connectivity index is 2.01. The van der Waals surface area contributed by atoms with Crippen LogP contribution in [0.1, 0.15) is 16.7 Å². The molecule has 0 unspecified atom stereocenters. The minimum absolute atomic E-state index is 0.164. The normalized spacial score (nSPS) is 11.7. The summed E-state index contributed by atoms with van der Waals surface area (Å²) in [5, 5.41) is 22.6. The number of carbonyl (C=O) groups is 1. The number of carbonyl (C=O) groups excluding carboxylic acids is 1. The van der Waals surface area contributed by atoms with Crippen molar-refractivity contribution < 1.29 is 28.2 Å². The second-order valence-corrected chi connectivity index (χ2v) is 5.88. The summed E-state index contributed by atoms with van der Waals surface area (Å²) < 4.78 is 38.2. The molecule has 0 fully saturated rings. The number of amides is 1. The van der Waals surface area contributed by atoms with E-state index in [1.807, 2.05) is 0 Å². The Hall–Kier alpha value is -2.55. The number of hydrogen-bond acceptors (Lipinski definition) is 4. The van der Waals surface area contributed by atoms with Crippen molar-refractivity contribution in [3.05, 3.63) is 57.6 Å². The lowest BCUT2D eigenvalue weighted by Crippen LogP contribution is -2.20. The summed E-state index contributed by atoms with van der Waals surface area (Å²) in [5.74, 6) is -1.03. The molecule has 0 radical (unpaired) electrons. The van der Waals surface area contributed by atoms with Gasteiger partial charge in [-0.15, -0.1) is 0 Å². The summed E-state index contributed by atoms with van der Waals surface area (Å²) in [6.45, 7) is 0. The highest BCUT2D eigenvalue weighted by Crippen LogP contribution is 2.30. The number of hydrazone groups is 1. The Morgan fingerprint density at radius 2 is 1.92 bits per heavy atom. The molecule has 25 heavy (non-hydrogen) atoms. The molecular weight excluding hydrogens is 405 g/mol. The monoisotopic (exact) mass is 416 g/mol. The van der Waals surface area contributed by atoms with Crippen LogP contribution in [0.4, 0.5) is 13.2 Å². The van der Waals surface area contributed by atoms with Gasteiger partial charge in [-0.2, -0.15) is 18.3 Å². The van der Waals surface area contributed by atoms with E-state index < -0.39 is 17.6 Å². The number of benzene rings is 2. The van der Waals surface area contributed by atoms with Crippen LogP contribution in [0, 0.1) is 0 Å². The molecule has 0 saturated heterocycles. The Labute approximate surface area is 148 Å². The molecular formula is C16H12BrF3N2O3. The van der Waals surface area contributed by atoms with Gasteiger partial charge in [-0.1, -0.05) is 18.2 Å². The smallest absolute Gasteiger partial charge is 0.416 e. The fourth-order valence-corrected chi connectivity index (χ4v) is 2.29. The van der Waals surface area contributed by atoms with E-state index in [0.29, 0.717) is 4.47 Å². The summed E-state index contributed by atoms with van der Waals surface area (Å²) in [5.41, 5.74) is 1.74. The molecule has 0 aliphatic rings. The first-order valence-corrected chi connectivity index (χ1v) is 7.65. The molecule has 1 amide bonds. The van der Waals surface area contributed by atoms with Crippen molar-refractivity contribution in [1.29, 1.82) is 0 Å². The zero-order chi connectivity index (χ0) is 18.6. The topological polar surface area (TPSA) is 81.9 Å². The first-order valence-electron chi connectivity index (χ1n) is 6.86. The number of phenolic OH excluding ortho intramolecular Hbond substituents is 2. The fourth-order valence-electron chi connectivity index (χ4n) is 1.93. The lowest BCUT2D eigenvalue weighted by molar-refractivity contribution is -0.137. The number of hydrogen-bond donors (Lipinski definition) is 3. The maximum Gasteiger partial charge on any atom is 0.416 e. The molecule has 2 aromatic rings. The van der Waals surface area contributed by atoms with E-state index in [-0.39, 0.29) is 29.0 Å². The third kappa shape index (κ3) is 5.21. The summed E-state index contributed by atoms with van der Waals surface area (Å²) in [7, 11) is 0. The highest BCUT2D eigenvalue weighted by atomic mass is 79.9. The number of nitrogens with zero attached hydrogens (tertiary/aromatic N) is 1. The zero-order valence-electron chi connectivity index (χ0n) is 12.5. The molecule has 0 heterocycles. The van der Waals surface area contributed by atoms with Crippen molar-refractivity contribution in [2.45, 2.75) is 12.6 Å². The molecule has 9 heteroatoms. The van der Waals surface area contributed by atoms with Crippen LogP contribution in [0.25, 0.3) is 0 Å². The number of phenols is 2. The molecule has 2 rings (SSSR count). The molecule has 5 nitrogen and oxygen atoms in total. The molecule has 0 aliphatic heterocycles. The van der Waals surface area contributed by atoms with Crippen molar-refractivity contribution in [3.8, 4) is 11.5 Å². The minimum atomic E-state index is -4.48. The van der Waals surface area contributed by atoms with Gasteiger partial charge >= 0.3 is 6.18 Å². The summed E-state index contributed by atoms with van der Waals surface area (Å²) in [6.07, 6.45) is -3.62. The van der Waals surface area contributed by atoms with E-state index in [4.69, 9.17) is 0 Å². The van der Waals surface area contributed by atoms with Crippen molar-refractivity contribution in [1.82, 2.24) is 5.43 Å². The van der Waals surface area contributed by atoms with Gasteiger partial charge in [0, 0.05) is 11.6 Å². The molecule has 0 aliphatic carbocycles. The van der Waals surface area contributed by atoms with E-state index in [1.54, 1.807) is 0 Å². The molecule has 0 aromatic heterocycles. The molecule has 0 saturated carbocycles. The minimum Gasteiger partial charge on any atom is -0.507 e. The van der Waals surface area contributed by atoms with Gasteiger partial charge in [0.1, 0.15) is 11.5 Å². The lowest BCUT2D eigenvalue weighted by Gasteiger charge is -2.08. The van der Waals surface area contributed by atoms with E-state index in [2.05, 4.69) is 26.5 Å². The Morgan fingerprint density at radius 1 is 1.20 bits per heavy atom. The van der Waals surface area contributed by atoms with E-state index >= 15 is 0 Å². The van der Waals surface area contributed by atoms with E-state index in [0.717, 1.165) is 24.4 Å². The van der Waals surface area contributed by atoms with Gasteiger partial charge in [-0.05, 0) is 33.6 Å². The largest absolute Gasteiger partial charge is 0.507 e. The van der Waals surface area contributed by atoms with Gasteiger partial charge in [-0.25, -0.2) is 5.43 Å². The van der Waals surface area contributed by atoms with Crippen LogP contribution in [-0.2, 0) is 17.4 Å². The van der Waals surface area contributed by atoms with Crippen LogP contribution in [0.3, 0.4) is 0 Å². The number of aromatic hydroxyl groups is 2. The van der Waals surface area contributed by atoms with Crippen LogP contribution >= 0.6 is 15.9 Å². The van der Waals surface area contributed by atoms with E-state index in [1.165, 1.54) is 18.2 Å². The molecule has 3 N–H and O–H groups in total. The van der Waals surface area contributed by atoms with Gasteiger partial charge in [0.2, 0.25) is 5.91 Å². The van der Waals surface area contributed by atoms with Crippen LogP contribution in [0.2, 0.25) is 0 Å². The zero-order valence-corrected chi connectivity index (χ0v) is 14.1. The number of rotatable bonds is 4. The number of alkyl halides is 3. The van der Waals surface area contributed by atoms with Gasteiger partial charge in [-0.3, -0.25) is 4.79 Å². The standard InChI is InChI=1S/C16H12BrF3N2O3/c17-12-6-10(13(23)7-14(12)24)8-21-22-15(25)5-9-2-1-3-11(4-9)16(18,19)20/h1-4,6-8,23-24H,5H2,(H,22,25)/b21-8+. The molecule has 132 valence electrons. The van der Waals surface area contributed by atoms with Crippen molar-refractivity contribution in [2.24, 2.45) is 5.10 Å². The SMILES string of the molecule is O=C(Cc1cccc(C(F)(F)F)c1)N/N=C/c1cc(Br)c(O)cc1O. The average Bonchev–Trinajstić information content (AvgIpc) is 2.51. The van der Waals surface area contributed by atoms with Gasteiger partial charge in [0.25, 0.3) is 0 Å². The number of halogens is 4. The third-order valence-corrected chi connectivity index (χ3v) is 3.74. The molecule has 0 spiro atoms. The third-order valence-electron chi connectivity index (χ3n) is 3.11. The molecule has 2 aromatic carbocycles. The Kier molecular flexibility index (Phi) is 5.68. The summed E-state index contributed by atoms with van der Waals surface area (Å²) >= 11 is 3.07. The second kappa shape index (κ2) is 7.56. The quantitative estimate of drug-likeness (QED) is 0.526. The van der Waals surface area contributed by atoms with Crippen LogP contribution in [-0.4, -0.2) is 22.3 Å².